The molecule has 2 aromatic carbocycles. The van der Waals surface area contributed by atoms with Gasteiger partial charge in [-0.2, -0.15) is 0 Å². The smallest absolute Gasteiger partial charge is 0.239 e. The summed E-state index contributed by atoms with van der Waals surface area (Å²) in [6.45, 7) is 6.56. The van der Waals surface area contributed by atoms with Crippen molar-refractivity contribution in [2.75, 3.05) is 14.1 Å². The third-order valence-corrected chi connectivity index (χ3v) is 6.37. The Labute approximate surface area is 189 Å². The molecule has 30 heavy (non-hydrogen) atoms. The average molecular weight is 448 g/mol. The number of carbonyl (C=O) groups is 1. The minimum atomic E-state index is -0.821. The lowest BCUT2D eigenvalue weighted by atomic mass is 9.68. The molecular weight excluding hydrogens is 417 g/mol. The summed E-state index contributed by atoms with van der Waals surface area (Å²) >= 11 is 12.5. The monoisotopic (exact) mass is 447 g/mol. The van der Waals surface area contributed by atoms with Crippen LogP contribution in [0.5, 0.6) is 0 Å². The first-order chi connectivity index (χ1) is 13.9. The molecule has 0 radical (unpaired) electrons. The van der Waals surface area contributed by atoms with E-state index in [0.717, 1.165) is 17.5 Å². The molecule has 0 bridgehead atoms. The third kappa shape index (κ3) is 4.52. The van der Waals surface area contributed by atoms with Gasteiger partial charge in [-0.1, -0.05) is 68.2 Å². The molecule has 1 amide bonds. The third-order valence-electron chi connectivity index (χ3n) is 5.88. The zero-order valence-electron chi connectivity index (χ0n) is 18.2. The molecule has 3 N–H and O–H groups in total. The first kappa shape index (κ1) is 23.1. The van der Waals surface area contributed by atoms with Crippen molar-refractivity contribution in [3.05, 3.63) is 69.7 Å². The van der Waals surface area contributed by atoms with Gasteiger partial charge in [-0.25, -0.2) is 0 Å². The molecular formula is C24H31Cl2N3O. The molecule has 0 aliphatic carbocycles. The lowest BCUT2D eigenvalue weighted by molar-refractivity contribution is -0.131. The summed E-state index contributed by atoms with van der Waals surface area (Å²) in [6, 6.07) is 14.7. The van der Waals surface area contributed by atoms with E-state index in [4.69, 9.17) is 28.9 Å². The van der Waals surface area contributed by atoms with Gasteiger partial charge in [0.15, 0.2) is 0 Å². The van der Waals surface area contributed by atoms with E-state index >= 15 is 0 Å². The van der Waals surface area contributed by atoms with Crippen molar-refractivity contribution in [2.45, 2.75) is 50.7 Å². The second-order valence-electron chi connectivity index (χ2n) is 9.67. The van der Waals surface area contributed by atoms with Crippen molar-refractivity contribution >= 4 is 29.1 Å². The van der Waals surface area contributed by atoms with E-state index in [9.17, 15) is 4.79 Å². The minimum Gasteiger partial charge on any atom is -0.347 e. The van der Waals surface area contributed by atoms with Crippen molar-refractivity contribution < 1.29 is 4.79 Å². The van der Waals surface area contributed by atoms with Crippen LogP contribution in [0, 0.1) is 5.41 Å². The molecule has 0 aromatic heterocycles. The van der Waals surface area contributed by atoms with Crippen LogP contribution in [0.25, 0.3) is 0 Å². The van der Waals surface area contributed by atoms with Crippen LogP contribution in [0.4, 0.5) is 0 Å². The highest BCUT2D eigenvalue weighted by atomic mass is 35.5. The highest BCUT2D eigenvalue weighted by Gasteiger charge is 2.57. The molecule has 6 heteroatoms. The number of benzene rings is 2. The number of nitrogens with one attached hydrogen (secondary N) is 1. The number of likely N-dealkylation sites (N-methyl/N-ethyl adjacent to an activating group) is 1. The van der Waals surface area contributed by atoms with Crippen LogP contribution in [0.3, 0.4) is 0 Å². The van der Waals surface area contributed by atoms with Crippen LogP contribution in [0.15, 0.2) is 48.5 Å². The van der Waals surface area contributed by atoms with E-state index in [1.807, 2.05) is 48.5 Å². The summed E-state index contributed by atoms with van der Waals surface area (Å²) < 4.78 is 0. The van der Waals surface area contributed by atoms with Gasteiger partial charge in [0.25, 0.3) is 0 Å². The predicted molar refractivity (Wildman–Crippen MR) is 125 cm³/mol. The maximum atomic E-state index is 13.3. The Balaban J connectivity index is 2.23. The number of nitrogens with zero attached hydrogens (tertiary/aromatic N) is 1. The summed E-state index contributed by atoms with van der Waals surface area (Å²) in [5, 5.41) is 4.89. The Kier molecular flexibility index (Phi) is 6.54. The van der Waals surface area contributed by atoms with Crippen LogP contribution >= 0.6 is 23.2 Å². The SMILES string of the molecule is CN(C)C(=O)[C@@H]1N[C@@H](CC(C)(C)C)[C@](N)(c2ccc(Cl)cc2)[C@H]1c1cccc(Cl)c1. The first-order valence-corrected chi connectivity index (χ1v) is 11.0. The van der Waals surface area contributed by atoms with Crippen molar-refractivity contribution in [2.24, 2.45) is 11.1 Å². The van der Waals surface area contributed by atoms with Crippen LogP contribution in [0.2, 0.25) is 10.0 Å². The Morgan fingerprint density at radius 2 is 1.73 bits per heavy atom. The minimum absolute atomic E-state index is 0.000160. The Bertz CT molecular complexity index is 907. The number of hydrogen-bond acceptors (Lipinski definition) is 3. The summed E-state index contributed by atoms with van der Waals surface area (Å²) in [7, 11) is 3.55. The van der Waals surface area contributed by atoms with Gasteiger partial charge in [0.2, 0.25) is 5.91 Å². The maximum absolute atomic E-state index is 13.3. The largest absolute Gasteiger partial charge is 0.347 e. The molecule has 1 saturated heterocycles. The Morgan fingerprint density at radius 1 is 1.10 bits per heavy atom. The van der Waals surface area contributed by atoms with Crippen molar-refractivity contribution in [1.82, 2.24) is 10.2 Å². The quantitative estimate of drug-likeness (QED) is 0.707. The lowest BCUT2D eigenvalue weighted by Crippen LogP contribution is -2.51. The predicted octanol–water partition coefficient (Wildman–Crippen LogP) is 4.80. The number of carbonyl (C=O) groups excluding carboxylic acids is 1. The molecule has 1 aliphatic heterocycles. The molecule has 0 saturated carbocycles. The first-order valence-electron chi connectivity index (χ1n) is 10.2. The fourth-order valence-corrected chi connectivity index (χ4v) is 4.89. The van der Waals surface area contributed by atoms with Gasteiger partial charge in [-0.15, -0.1) is 0 Å². The van der Waals surface area contributed by atoms with E-state index < -0.39 is 11.6 Å². The Hall–Kier alpha value is -1.59. The van der Waals surface area contributed by atoms with E-state index in [1.54, 1.807) is 19.0 Å². The van der Waals surface area contributed by atoms with Gasteiger partial charge in [-0.05, 0) is 47.2 Å². The molecule has 4 nitrogen and oxygen atoms in total. The zero-order chi connectivity index (χ0) is 22.3. The van der Waals surface area contributed by atoms with Crippen molar-refractivity contribution in [1.29, 1.82) is 0 Å². The van der Waals surface area contributed by atoms with Crippen LogP contribution in [0.1, 0.15) is 44.2 Å². The molecule has 0 spiro atoms. The number of rotatable bonds is 4. The van der Waals surface area contributed by atoms with Gasteiger partial charge in [0.1, 0.15) is 0 Å². The van der Waals surface area contributed by atoms with Gasteiger partial charge in [0.05, 0.1) is 11.6 Å². The fraction of sp³-hybridized carbons (Fsp3) is 0.458. The Morgan fingerprint density at radius 3 is 2.27 bits per heavy atom. The zero-order valence-corrected chi connectivity index (χ0v) is 19.8. The molecule has 4 atom stereocenters. The van der Waals surface area contributed by atoms with E-state index in [-0.39, 0.29) is 23.3 Å². The summed E-state index contributed by atoms with van der Waals surface area (Å²) in [6.07, 6.45) is 0.806. The van der Waals surface area contributed by atoms with Gasteiger partial charge < -0.3 is 16.0 Å². The fourth-order valence-electron chi connectivity index (χ4n) is 4.56. The summed E-state index contributed by atoms with van der Waals surface area (Å²) in [5.41, 5.74) is 8.41. The second-order valence-corrected chi connectivity index (χ2v) is 10.5. The van der Waals surface area contributed by atoms with Crippen molar-refractivity contribution in [3.63, 3.8) is 0 Å². The summed E-state index contributed by atoms with van der Waals surface area (Å²) in [4.78, 5) is 14.9. The van der Waals surface area contributed by atoms with Crippen molar-refractivity contribution in [3.8, 4) is 0 Å². The molecule has 1 fully saturated rings. The second kappa shape index (κ2) is 8.51. The maximum Gasteiger partial charge on any atom is 0.239 e. The highest BCUT2D eigenvalue weighted by Crippen LogP contribution is 2.48. The lowest BCUT2D eigenvalue weighted by Gasteiger charge is -2.39. The number of hydrogen-bond donors (Lipinski definition) is 2. The standard InChI is InChI=1S/C24H31Cl2N3O/c1-23(2,3)14-19-24(27,16-9-11-17(25)12-10-16)20(15-7-6-8-18(26)13-15)21(28-19)22(30)29(4)5/h6-13,19-21,28H,14,27H2,1-5H3/t19-,20-,21+,24+/m0/s1. The average Bonchev–Trinajstić information content (AvgIpc) is 2.93. The van der Waals surface area contributed by atoms with Gasteiger partial charge in [0, 0.05) is 36.1 Å². The van der Waals surface area contributed by atoms with Gasteiger partial charge in [-0.3, -0.25) is 4.79 Å². The molecule has 1 aliphatic rings. The molecule has 2 aromatic rings. The number of nitrogens with two attached hydrogens (primary N) is 1. The van der Waals surface area contributed by atoms with E-state index in [1.165, 1.54) is 0 Å². The van der Waals surface area contributed by atoms with Crippen LogP contribution < -0.4 is 11.1 Å². The van der Waals surface area contributed by atoms with Crippen LogP contribution in [-0.4, -0.2) is 37.0 Å². The number of halogens is 2. The topological polar surface area (TPSA) is 58.4 Å². The highest BCUT2D eigenvalue weighted by molar-refractivity contribution is 6.30. The molecule has 1 heterocycles. The molecule has 3 rings (SSSR count). The van der Waals surface area contributed by atoms with E-state index in [0.29, 0.717) is 10.0 Å². The van der Waals surface area contributed by atoms with Crippen LogP contribution in [-0.2, 0) is 10.3 Å². The summed E-state index contributed by atoms with van der Waals surface area (Å²) in [5.74, 6) is -0.292. The molecule has 0 unspecified atom stereocenters. The molecule has 162 valence electrons. The number of amides is 1. The normalized spacial score (nSPS) is 26.6. The van der Waals surface area contributed by atoms with E-state index in [2.05, 4.69) is 26.1 Å². The van der Waals surface area contributed by atoms with Gasteiger partial charge >= 0.3 is 0 Å².